The first kappa shape index (κ1) is 24.4. The van der Waals surface area contributed by atoms with Gasteiger partial charge < -0.3 is 5.32 Å². The molecule has 4 aromatic rings. The van der Waals surface area contributed by atoms with Crippen LogP contribution in [0.4, 0.5) is 5.69 Å². The quantitative estimate of drug-likeness (QED) is 0.263. The van der Waals surface area contributed by atoms with Crippen molar-refractivity contribution in [1.29, 1.82) is 0 Å². The molecule has 2 N–H and O–H groups in total. The highest BCUT2D eigenvalue weighted by molar-refractivity contribution is 6.01. The summed E-state index contributed by atoms with van der Waals surface area (Å²) < 4.78 is 0. The maximum absolute atomic E-state index is 12.7. The molecule has 0 bridgehead atoms. The Morgan fingerprint density at radius 2 is 1.74 bits per heavy atom. The van der Waals surface area contributed by atoms with Crippen molar-refractivity contribution in [3.8, 4) is 11.3 Å². The SMILES string of the molecule is CCC(CC)Cc1ccc(-c2n[nH]c3ccc(NC(=O)Cc4ccccc4C)cc23)cc1C(C)=O. The number of carbonyl (C=O) groups excluding carboxylic acids is 2. The lowest BCUT2D eigenvalue weighted by Gasteiger charge is -2.15. The number of anilines is 1. The Bertz CT molecular complexity index is 1370. The Morgan fingerprint density at radius 3 is 2.46 bits per heavy atom. The van der Waals surface area contributed by atoms with Gasteiger partial charge in [-0.15, -0.1) is 0 Å². The van der Waals surface area contributed by atoms with E-state index in [2.05, 4.69) is 35.4 Å². The maximum Gasteiger partial charge on any atom is 0.228 e. The average Bonchev–Trinajstić information content (AvgIpc) is 3.27. The van der Waals surface area contributed by atoms with Crippen LogP contribution in [0.15, 0.2) is 60.7 Å². The number of carbonyl (C=O) groups is 2. The van der Waals surface area contributed by atoms with Crippen LogP contribution in [0.1, 0.15) is 60.7 Å². The van der Waals surface area contributed by atoms with Crippen molar-refractivity contribution in [2.45, 2.75) is 53.4 Å². The van der Waals surface area contributed by atoms with Crippen molar-refractivity contribution >= 4 is 28.3 Å². The van der Waals surface area contributed by atoms with Crippen molar-refractivity contribution in [2.24, 2.45) is 5.92 Å². The van der Waals surface area contributed by atoms with Crippen LogP contribution < -0.4 is 5.32 Å². The Hall–Kier alpha value is -3.73. The predicted molar refractivity (Wildman–Crippen MR) is 143 cm³/mol. The highest BCUT2D eigenvalue weighted by Crippen LogP contribution is 2.31. The molecule has 5 nitrogen and oxygen atoms in total. The molecule has 0 aliphatic rings. The van der Waals surface area contributed by atoms with E-state index in [-0.39, 0.29) is 11.7 Å². The number of Topliss-reactive ketones (excluding diaryl/α,β-unsaturated/α-hetero) is 1. The Balaban J connectivity index is 1.62. The molecule has 5 heteroatoms. The number of nitrogens with zero attached hydrogens (tertiary/aromatic N) is 1. The van der Waals surface area contributed by atoms with Gasteiger partial charge in [0, 0.05) is 22.2 Å². The van der Waals surface area contributed by atoms with E-state index >= 15 is 0 Å². The van der Waals surface area contributed by atoms with E-state index in [1.807, 2.05) is 61.5 Å². The zero-order valence-corrected chi connectivity index (χ0v) is 20.9. The minimum absolute atomic E-state index is 0.0617. The number of aryl methyl sites for hydroxylation is 1. The molecule has 0 aliphatic carbocycles. The average molecular weight is 468 g/mol. The summed E-state index contributed by atoms with van der Waals surface area (Å²) in [6.45, 7) is 8.03. The molecule has 1 heterocycles. The van der Waals surface area contributed by atoms with E-state index in [0.29, 0.717) is 12.3 Å². The van der Waals surface area contributed by atoms with Crippen LogP contribution in [0.25, 0.3) is 22.2 Å². The van der Waals surface area contributed by atoms with E-state index in [9.17, 15) is 9.59 Å². The number of aromatic nitrogens is 2. The molecule has 0 aliphatic heterocycles. The van der Waals surface area contributed by atoms with Crippen LogP contribution in [-0.4, -0.2) is 21.9 Å². The third kappa shape index (κ3) is 5.51. The lowest BCUT2D eigenvalue weighted by atomic mass is 9.89. The molecule has 180 valence electrons. The van der Waals surface area contributed by atoms with Gasteiger partial charge >= 0.3 is 0 Å². The number of amides is 1. The molecule has 0 saturated carbocycles. The number of hydrogen-bond donors (Lipinski definition) is 2. The van der Waals surface area contributed by atoms with E-state index in [0.717, 1.165) is 69.4 Å². The van der Waals surface area contributed by atoms with Gasteiger partial charge in [0.2, 0.25) is 5.91 Å². The first-order valence-electron chi connectivity index (χ1n) is 12.4. The normalized spacial score (nSPS) is 11.2. The molecule has 3 aromatic carbocycles. The van der Waals surface area contributed by atoms with Gasteiger partial charge in [-0.3, -0.25) is 14.7 Å². The molecule has 1 amide bonds. The zero-order chi connectivity index (χ0) is 24.9. The molecule has 1 aromatic heterocycles. The van der Waals surface area contributed by atoms with Gasteiger partial charge in [0.25, 0.3) is 0 Å². The van der Waals surface area contributed by atoms with Crippen LogP contribution in [0.5, 0.6) is 0 Å². The summed E-state index contributed by atoms with van der Waals surface area (Å²) in [6.07, 6.45) is 3.42. The standard InChI is InChI=1S/C30H33N3O2/c1-5-21(6-2)15-23-11-12-24(16-26(23)20(4)34)30-27-18-25(13-14-28(27)32-33-30)31-29(35)17-22-10-8-7-9-19(22)3/h7-14,16,18,21H,5-6,15,17H2,1-4H3,(H,31,35)(H,32,33). The second kappa shape index (κ2) is 10.7. The van der Waals surface area contributed by atoms with Crippen molar-refractivity contribution in [1.82, 2.24) is 10.2 Å². The number of ketones is 1. The maximum atomic E-state index is 12.7. The minimum atomic E-state index is -0.0617. The molecule has 4 rings (SSSR count). The van der Waals surface area contributed by atoms with Gasteiger partial charge in [-0.2, -0.15) is 5.10 Å². The summed E-state index contributed by atoms with van der Waals surface area (Å²) in [5.74, 6) is 0.570. The first-order chi connectivity index (χ1) is 16.9. The second-order valence-electron chi connectivity index (χ2n) is 9.30. The minimum Gasteiger partial charge on any atom is -0.326 e. The number of nitrogens with one attached hydrogen (secondary N) is 2. The number of hydrogen-bond acceptors (Lipinski definition) is 3. The van der Waals surface area contributed by atoms with Crippen LogP contribution in [0.3, 0.4) is 0 Å². The van der Waals surface area contributed by atoms with E-state index in [1.54, 1.807) is 6.92 Å². The van der Waals surface area contributed by atoms with Crippen LogP contribution in [-0.2, 0) is 17.6 Å². The Morgan fingerprint density at radius 1 is 0.971 bits per heavy atom. The summed E-state index contributed by atoms with van der Waals surface area (Å²) in [7, 11) is 0. The van der Waals surface area contributed by atoms with Gasteiger partial charge in [0.15, 0.2) is 5.78 Å². The fraction of sp³-hybridized carbons (Fsp3) is 0.300. The fourth-order valence-electron chi connectivity index (χ4n) is 4.62. The number of rotatable bonds is 9. The topological polar surface area (TPSA) is 74.8 Å². The molecule has 35 heavy (non-hydrogen) atoms. The van der Waals surface area contributed by atoms with E-state index in [1.165, 1.54) is 0 Å². The molecule has 0 fully saturated rings. The zero-order valence-electron chi connectivity index (χ0n) is 20.9. The number of H-pyrrole nitrogens is 1. The van der Waals surface area contributed by atoms with Gasteiger partial charge in [0.05, 0.1) is 17.6 Å². The van der Waals surface area contributed by atoms with Gasteiger partial charge in [-0.05, 0) is 67.1 Å². The lowest BCUT2D eigenvalue weighted by molar-refractivity contribution is -0.115. The van der Waals surface area contributed by atoms with E-state index in [4.69, 9.17) is 0 Å². The monoisotopic (exact) mass is 467 g/mol. The van der Waals surface area contributed by atoms with Gasteiger partial charge in [-0.1, -0.05) is 63.1 Å². The van der Waals surface area contributed by atoms with Crippen molar-refractivity contribution in [3.05, 3.63) is 82.9 Å². The molecule has 0 saturated heterocycles. The lowest BCUT2D eigenvalue weighted by Crippen LogP contribution is -2.14. The summed E-state index contributed by atoms with van der Waals surface area (Å²) >= 11 is 0. The van der Waals surface area contributed by atoms with Crippen molar-refractivity contribution in [3.63, 3.8) is 0 Å². The van der Waals surface area contributed by atoms with Crippen molar-refractivity contribution in [2.75, 3.05) is 5.32 Å². The van der Waals surface area contributed by atoms with Gasteiger partial charge in [-0.25, -0.2) is 0 Å². The smallest absolute Gasteiger partial charge is 0.228 e. The molecule has 0 atom stereocenters. The predicted octanol–water partition coefficient (Wildman–Crippen LogP) is 6.90. The van der Waals surface area contributed by atoms with E-state index < -0.39 is 0 Å². The molecule has 0 spiro atoms. The Labute approximate surface area is 207 Å². The van der Waals surface area contributed by atoms with Crippen LogP contribution in [0.2, 0.25) is 0 Å². The first-order valence-corrected chi connectivity index (χ1v) is 12.4. The summed E-state index contributed by atoms with van der Waals surface area (Å²) in [4.78, 5) is 25.2. The highest BCUT2D eigenvalue weighted by atomic mass is 16.1. The van der Waals surface area contributed by atoms with Crippen LogP contribution in [0, 0.1) is 12.8 Å². The third-order valence-electron chi connectivity index (χ3n) is 6.88. The number of aromatic amines is 1. The number of fused-ring (bicyclic) bond motifs is 1. The highest BCUT2D eigenvalue weighted by Gasteiger charge is 2.16. The van der Waals surface area contributed by atoms with Gasteiger partial charge in [0.1, 0.15) is 0 Å². The molecular weight excluding hydrogens is 434 g/mol. The summed E-state index contributed by atoms with van der Waals surface area (Å²) in [6, 6.07) is 19.7. The second-order valence-corrected chi connectivity index (χ2v) is 9.30. The molecule has 0 unspecified atom stereocenters. The fourth-order valence-corrected chi connectivity index (χ4v) is 4.62. The third-order valence-corrected chi connectivity index (χ3v) is 6.88. The number of benzene rings is 3. The summed E-state index contributed by atoms with van der Waals surface area (Å²) in [5.41, 5.74) is 7.22. The van der Waals surface area contributed by atoms with Crippen LogP contribution >= 0.6 is 0 Å². The molecule has 0 radical (unpaired) electrons. The van der Waals surface area contributed by atoms with Crippen molar-refractivity contribution < 1.29 is 9.59 Å². The largest absolute Gasteiger partial charge is 0.326 e. The molecular formula is C30H33N3O2. The Kier molecular flexibility index (Phi) is 7.45. The summed E-state index contributed by atoms with van der Waals surface area (Å²) in [5, 5.41) is 11.5.